The Labute approximate surface area is 393 Å². The summed E-state index contributed by atoms with van der Waals surface area (Å²) in [6.45, 7) is 1.43. The third-order valence-corrected chi connectivity index (χ3v) is 13.9. The van der Waals surface area contributed by atoms with Gasteiger partial charge in [-0.15, -0.1) is 0 Å². The highest BCUT2D eigenvalue weighted by molar-refractivity contribution is 7.89. The molecule has 3 amide bonds. The number of nitrogens with zero attached hydrogens (tertiary/aromatic N) is 7. The highest BCUT2D eigenvalue weighted by atomic mass is 32.3. The van der Waals surface area contributed by atoms with Gasteiger partial charge in [-0.3, -0.25) is 23.4 Å². The van der Waals surface area contributed by atoms with Gasteiger partial charge in [0.15, 0.2) is 24.3 Å². The fraction of sp³-hybridized carbons (Fsp3) is 0.632. The van der Waals surface area contributed by atoms with E-state index >= 15 is 0 Å². The summed E-state index contributed by atoms with van der Waals surface area (Å²) < 4.78 is 97.4. The van der Waals surface area contributed by atoms with E-state index in [-0.39, 0.29) is 43.9 Å². The molecule has 3 aliphatic rings. The van der Waals surface area contributed by atoms with Crippen LogP contribution in [0, 0.1) is 11.3 Å². The van der Waals surface area contributed by atoms with Crippen molar-refractivity contribution >= 4 is 55.3 Å². The van der Waals surface area contributed by atoms with E-state index in [2.05, 4.69) is 41.3 Å². The van der Waals surface area contributed by atoms with Crippen LogP contribution in [-0.2, 0) is 72.9 Å². The van der Waals surface area contributed by atoms with Gasteiger partial charge in [0.2, 0.25) is 15.9 Å². The molecule has 3 fully saturated rings. The Balaban J connectivity index is 1.13. The first-order valence-electron chi connectivity index (χ1n) is 21.0. The fourth-order valence-corrected chi connectivity index (χ4v) is 9.66. The topological polar surface area (TPSA) is 394 Å². The molecule has 6 rings (SSSR count). The van der Waals surface area contributed by atoms with Crippen molar-refractivity contribution in [3.8, 4) is 17.3 Å². The van der Waals surface area contributed by atoms with Gasteiger partial charge >= 0.3 is 22.4 Å². The first-order chi connectivity index (χ1) is 32.6. The van der Waals surface area contributed by atoms with Crippen molar-refractivity contribution < 1.29 is 88.5 Å². The lowest BCUT2D eigenvalue weighted by atomic mass is 9.89. The van der Waals surface area contributed by atoms with E-state index in [0.717, 1.165) is 32.8 Å². The summed E-state index contributed by atoms with van der Waals surface area (Å²) in [5, 5.41) is 55.2. The van der Waals surface area contributed by atoms with E-state index in [1.165, 1.54) is 34.6 Å². The maximum absolute atomic E-state index is 13.7. The number of carbonyl (C=O) groups excluding carboxylic acids is 4. The van der Waals surface area contributed by atoms with E-state index < -0.39 is 124 Å². The average Bonchev–Trinajstić information content (AvgIpc) is 3.97. The zero-order valence-electron chi connectivity index (χ0n) is 37.5. The summed E-state index contributed by atoms with van der Waals surface area (Å²) >= 11 is 0. The lowest BCUT2D eigenvalue weighted by molar-refractivity contribution is -0.338. The Morgan fingerprint density at radius 3 is 2.36 bits per heavy atom. The van der Waals surface area contributed by atoms with Crippen LogP contribution in [0.5, 0.6) is 0 Å². The summed E-state index contributed by atoms with van der Waals surface area (Å²) in [5.41, 5.74) is 0.0356. The number of carbonyl (C=O) groups is 4. The number of rotatable bonds is 19. The van der Waals surface area contributed by atoms with Gasteiger partial charge in [0.05, 0.1) is 43.9 Å². The first kappa shape index (κ1) is 53.0. The van der Waals surface area contributed by atoms with E-state index in [1.807, 2.05) is 0 Å². The molecule has 0 bridgehead atoms. The second-order valence-corrected chi connectivity index (χ2v) is 19.4. The van der Waals surface area contributed by atoms with Crippen LogP contribution in [0.25, 0.3) is 22.3 Å². The van der Waals surface area contributed by atoms with Crippen molar-refractivity contribution in [1.82, 2.24) is 44.6 Å². The molecule has 380 valence electrons. The Hall–Kier alpha value is -5.34. The number of aliphatic hydroxyl groups is 3. The molecule has 0 aromatic carbocycles. The van der Waals surface area contributed by atoms with Crippen molar-refractivity contribution in [2.24, 2.45) is 0 Å². The Kier molecular flexibility index (Phi) is 16.7. The monoisotopic (exact) mass is 1020 g/mol. The molecule has 3 aromatic heterocycles. The van der Waals surface area contributed by atoms with Crippen molar-refractivity contribution in [1.29, 1.82) is 5.26 Å². The minimum absolute atomic E-state index is 0.0129. The third-order valence-electron chi connectivity index (χ3n) is 11.7. The largest absolute Gasteiger partial charge is 0.467 e. The SMILES string of the molecule is CCS(=O)(=O)N1CC(CC#N)(n2cc(-c3ncnc4c3ccn4C(=O)N[C@@H](CCNC(=O)C3O[C@@H](OC4[C@H](O)C(COS(=O)(=O)O)O[C@@H](OC)[C@H]4NC(C)=O)C(O)[C@@H](O)[C@@H]3OC)C(=O)OC)cn2)C1. The quantitative estimate of drug-likeness (QED) is 0.0445. The molecule has 29 nitrogen and oxygen atoms in total. The number of esters is 1. The number of amides is 3. The lowest BCUT2D eigenvalue weighted by Crippen LogP contribution is -2.68. The van der Waals surface area contributed by atoms with Crippen molar-refractivity contribution in [3.63, 3.8) is 0 Å². The summed E-state index contributed by atoms with van der Waals surface area (Å²) in [6, 6.07) is 0.0518. The number of ether oxygens (including phenoxy) is 6. The second kappa shape index (κ2) is 21.7. The molecule has 3 saturated heterocycles. The summed E-state index contributed by atoms with van der Waals surface area (Å²) in [4.78, 5) is 61.1. The van der Waals surface area contributed by atoms with Gasteiger partial charge < -0.3 is 59.7 Å². The van der Waals surface area contributed by atoms with Gasteiger partial charge in [0.1, 0.15) is 60.6 Å². The molecule has 0 aliphatic carbocycles. The second-order valence-electron chi connectivity index (χ2n) is 16.1. The van der Waals surface area contributed by atoms with E-state index in [4.69, 9.17) is 33.0 Å². The van der Waals surface area contributed by atoms with Crippen LogP contribution in [0.3, 0.4) is 0 Å². The molecule has 11 atom stereocenters. The zero-order chi connectivity index (χ0) is 50.6. The molecule has 3 aromatic rings. The number of methoxy groups -OCH3 is 3. The first-order valence-corrected chi connectivity index (χ1v) is 23.9. The minimum atomic E-state index is -5.02. The molecule has 4 unspecified atom stereocenters. The maximum atomic E-state index is 13.7. The Bertz CT molecular complexity index is 2620. The Morgan fingerprint density at radius 2 is 1.74 bits per heavy atom. The molecule has 69 heavy (non-hydrogen) atoms. The predicted octanol–water partition coefficient (Wildman–Crippen LogP) is -3.92. The fourth-order valence-electron chi connectivity index (χ4n) is 8.11. The molecular weight excluding hydrogens is 965 g/mol. The maximum Gasteiger partial charge on any atom is 0.397 e. The van der Waals surface area contributed by atoms with Crippen LogP contribution in [0.2, 0.25) is 0 Å². The molecule has 31 heteroatoms. The molecule has 7 N–H and O–H groups in total. The summed E-state index contributed by atoms with van der Waals surface area (Å²) in [5.74, 6) is -2.65. The van der Waals surface area contributed by atoms with Gasteiger partial charge in [-0.05, 0) is 19.4 Å². The molecule has 0 saturated carbocycles. The highest BCUT2D eigenvalue weighted by Gasteiger charge is 2.54. The van der Waals surface area contributed by atoms with Crippen LogP contribution >= 0.6 is 0 Å². The number of nitrogens with one attached hydrogen (secondary N) is 3. The van der Waals surface area contributed by atoms with Crippen molar-refractivity contribution in [2.45, 2.75) is 99.6 Å². The number of sulfonamides is 1. The summed E-state index contributed by atoms with van der Waals surface area (Å²) in [7, 11) is -5.19. The minimum Gasteiger partial charge on any atom is -0.467 e. The zero-order valence-corrected chi connectivity index (χ0v) is 39.2. The molecule has 6 heterocycles. The van der Waals surface area contributed by atoms with Gasteiger partial charge in [-0.2, -0.15) is 23.1 Å². The number of fused-ring (bicyclic) bond motifs is 1. The highest BCUT2D eigenvalue weighted by Crippen LogP contribution is 2.36. The smallest absolute Gasteiger partial charge is 0.397 e. The van der Waals surface area contributed by atoms with Gasteiger partial charge in [0, 0.05) is 64.1 Å². The number of aliphatic hydroxyl groups excluding tert-OH is 3. The third kappa shape index (κ3) is 11.5. The average molecular weight is 1020 g/mol. The molecule has 3 aliphatic heterocycles. The molecular formula is C38H52N10O19S2. The molecule has 0 radical (unpaired) electrons. The lowest BCUT2D eigenvalue weighted by Gasteiger charge is -2.47. The van der Waals surface area contributed by atoms with Crippen LogP contribution in [0.1, 0.15) is 26.7 Å². The predicted molar refractivity (Wildman–Crippen MR) is 228 cm³/mol. The number of aromatic nitrogens is 5. The van der Waals surface area contributed by atoms with Crippen LogP contribution < -0.4 is 16.0 Å². The number of hydrogen-bond donors (Lipinski definition) is 7. The van der Waals surface area contributed by atoms with Crippen molar-refractivity contribution in [2.75, 3.05) is 53.3 Å². The van der Waals surface area contributed by atoms with E-state index in [1.54, 1.807) is 12.3 Å². The van der Waals surface area contributed by atoms with Gasteiger partial charge in [-0.25, -0.2) is 32.2 Å². The normalized spacial score (nSPS) is 27.7. The van der Waals surface area contributed by atoms with Crippen LogP contribution in [-0.4, -0.2) is 210 Å². The van der Waals surface area contributed by atoms with E-state index in [9.17, 15) is 56.6 Å². The van der Waals surface area contributed by atoms with E-state index in [0.29, 0.717) is 16.6 Å². The van der Waals surface area contributed by atoms with Crippen LogP contribution in [0.15, 0.2) is 31.0 Å². The number of nitriles is 1. The van der Waals surface area contributed by atoms with Gasteiger partial charge in [-0.1, -0.05) is 0 Å². The van der Waals surface area contributed by atoms with Gasteiger partial charge in [0.25, 0.3) is 5.91 Å². The van der Waals surface area contributed by atoms with Crippen LogP contribution in [0.4, 0.5) is 4.79 Å². The number of hydrogen-bond acceptors (Lipinski definition) is 22. The van der Waals surface area contributed by atoms with Crippen molar-refractivity contribution in [3.05, 3.63) is 31.0 Å². The standard InChI is InChI=1S/C38H52N10O19S2/c1-6-68(56,57)46-16-38(17-46,9-10-39)48-14-20(13-43-48)24-21-8-12-47(32(21)42-18-41-24)37(55)45-22(34(54)62-4)7-11-40-33(53)31-30(61-3)27(51)28(52)36(67-31)66-29-25(44-19(2)49)35(63-5)65-23(26(29)50)15-64-69(58,59)60/h8,12-14,18,22-23,25-31,35-36,50-52H,6-7,9,11,15-17H2,1-5H3,(H,40,53)(H,44,49)(H,45,55)(H,58,59,60)/t22-,23?,25-,26+,27+,28?,29?,30-,31?,35+,36+/m0/s1. The Morgan fingerprint density at radius 1 is 1.01 bits per heavy atom. The molecule has 0 spiro atoms. The summed E-state index contributed by atoms with van der Waals surface area (Å²) in [6.07, 6.45) is -10.4.